The quantitative estimate of drug-likeness (QED) is 0.473. The van der Waals surface area contributed by atoms with Crippen molar-refractivity contribution in [1.29, 1.82) is 0 Å². The van der Waals surface area contributed by atoms with Gasteiger partial charge in [-0.1, -0.05) is 42.5 Å². The Morgan fingerprint density at radius 3 is 2.17 bits per heavy atom. The summed E-state index contributed by atoms with van der Waals surface area (Å²) in [7, 11) is 0. The summed E-state index contributed by atoms with van der Waals surface area (Å²) in [6, 6.07) is 20.4. The maximum atomic E-state index is 13.2. The molecule has 3 rings (SSSR count). The monoisotopic (exact) mass is 402 g/mol. The van der Waals surface area contributed by atoms with Gasteiger partial charge in [-0.05, 0) is 55.0 Å². The molecule has 0 heterocycles. The normalized spacial score (nSPS) is 10.9. The number of Topliss-reactive ketones (excluding diaryl/α,β-unsaturated/α-hetero) is 1. The molecule has 3 aromatic rings. The molecule has 0 fully saturated rings. The van der Waals surface area contributed by atoms with E-state index in [2.05, 4.69) is 10.6 Å². The van der Waals surface area contributed by atoms with Gasteiger partial charge in [0.25, 0.3) is 11.8 Å². The van der Waals surface area contributed by atoms with Crippen LogP contribution < -0.4 is 10.6 Å². The number of benzene rings is 3. The predicted octanol–water partition coefficient (Wildman–Crippen LogP) is 4.44. The summed E-state index contributed by atoms with van der Waals surface area (Å²) in [4.78, 5) is 37.0. The fourth-order valence-electron chi connectivity index (χ4n) is 2.68. The van der Waals surface area contributed by atoms with E-state index in [0.717, 1.165) is 0 Å². The van der Waals surface area contributed by atoms with Crippen molar-refractivity contribution < 1.29 is 18.8 Å². The van der Waals surface area contributed by atoms with E-state index in [0.29, 0.717) is 22.4 Å². The van der Waals surface area contributed by atoms with Gasteiger partial charge >= 0.3 is 0 Å². The largest absolute Gasteiger partial charge is 0.321 e. The van der Waals surface area contributed by atoms with Crippen molar-refractivity contribution in [3.8, 4) is 0 Å². The minimum atomic E-state index is -0.579. The van der Waals surface area contributed by atoms with E-state index in [1.807, 2.05) is 0 Å². The highest BCUT2D eigenvalue weighted by atomic mass is 19.1. The maximum absolute atomic E-state index is 13.2. The molecule has 30 heavy (non-hydrogen) atoms. The van der Waals surface area contributed by atoms with E-state index in [-0.39, 0.29) is 11.5 Å². The Kier molecular flexibility index (Phi) is 6.49. The number of carbonyl (C=O) groups excluding carboxylic acids is 3. The standard InChI is InChI=1S/C24H19FN2O3/c1-16(28)19-8-5-9-21(15-19)26-24(30)22(14-17-10-12-20(25)13-11-17)27-23(29)18-6-3-2-4-7-18/h2-15H,1H3,(H,26,30)(H,27,29)/b22-14-. The van der Waals surface area contributed by atoms with Gasteiger partial charge in [-0.2, -0.15) is 0 Å². The highest BCUT2D eigenvalue weighted by molar-refractivity contribution is 6.11. The molecule has 150 valence electrons. The second-order valence-electron chi connectivity index (χ2n) is 6.52. The number of carbonyl (C=O) groups is 3. The average Bonchev–Trinajstić information content (AvgIpc) is 2.75. The Hall–Kier alpha value is -4.06. The summed E-state index contributed by atoms with van der Waals surface area (Å²) in [6.07, 6.45) is 1.45. The lowest BCUT2D eigenvalue weighted by molar-refractivity contribution is -0.113. The number of hydrogen-bond donors (Lipinski definition) is 2. The minimum absolute atomic E-state index is 0.0244. The topological polar surface area (TPSA) is 75.3 Å². The van der Waals surface area contributed by atoms with Crippen LogP contribution in [0.2, 0.25) is 0 Å². The molecule has 0 saturated carbocycles. The van der Waals surface area contributed by atoms with Crippen molar-refractivity contribution in [1.82, 2.24) is 5.32 Å². The van der Waals surface area contributed by atoms with E-state index < -0.39 is 17.6 Å². The minimum Gasteiger partial charge on any atom is -0.321 e. The third kappa shape index (κ3) is 5.48. The highest BCUT2D eigenvalue weighted by Crippen LogP contribution is 2.14. The van der Waals surface area contributed by atoms with Crippen molar-refractivity contribution in [3.63, 3.8) is 0 Å². The van der Waals surface area contributed by atoms with Crippen LogP contribution in [0.25, 0.3) is 6.08 Å². The number of anilines is 1. The van der Waals surface area contributed by atoms with Crippen molar-refractivity contribution >= 4 is 29.4 Å². The summed E-state index contributed by atoms with van der Waals surface area (Å²) < 4.78 is 13.2. The molecule has 0 aliphatic carbocycles. The lowest BCUT2D eigenvalue weighted by Crippen LogP contribution is -2.30. The summed E-state index contributed by atoms with van der Waals surface area (Å²) >= 11 is 0. The molecule has 0 aromatic heterocycles. The smallest absolute Gasteiger partial charge is 0.272 e. The Labute approximate surface area is 173 Å². The van der Waals surface area contributed by atoms with Gasteiger partial charge in [0.15, 0.2) is 5.78 Å². The Morgan fingerprint density at radius 1 is 0.833 bits per heavy atom. The molecule has 0 aliphatic heterocycles. The summed E-state index contributed by atoms with van der Waals surface area (Å²) in [5.74, 6) is -1.58. The molecule has 5 nitrogen and oxygen atoms in total. The third-order valence-electron chi connectivity index (χ3n) is 4.24. The molecule has 0 saturated heterocycles. The Balaban J connectivity index is 1.89. The van der Waals surface area contributed by atoms with Crippen molar-refractivity contribution in [2.75, 3.05) is 5.32 Å². The first kappa shape index (κ1) is 20.7. The first-order valence-corrected chi connectivity index (χ1v) is 9.18. The molecule has 2 N–H and O–H groups in total. The lowest BCUT2D eigenvalue weighted by Gasteiger charge is -2.12. The van der Waals surface area contributed by atoms with Crippen molar-refractivity contribution in [2.45, 2.75) is 6.92 Å². The van der Waals surface area contributed by atoms with Crippen LogP contribution in [0.3, 0.4) is 0 Å². The van der Waals surface area contributed by atoms with Gasteiger partial charge in [-0.25, -0.2) is 4.39 Å². The zero-order chi connectivity index (χ0) is 21.5. The first-order chi connectivity index (χ1) is 14.4. The van der Waals surface area contributed by atoms with Crippen LogP contribution >= 0.6 is 0 Å². The molecule has 0 spiro atoms. The average molecular weight is 402 g/mol. The van der Waals surface area contributed by atoms with Crippen molar-refractivity contribution in [3.05, 3.63) is 107 Å². The van der Waals surface area contributed by atoms with E-state index in [1.54, 1.807) is 54.6 Å². The number of halogens is 1. The molecule has 3 aromatic carbocycles. The first-order valence-electron chi connectivity index (χ1n) is 9.18. The van der Waals surface area contributed by atoms with Gasteiger partial charge in [-0.3, -0.25) is 14.4 Å². The molecule has 2 amide bonds. The molecule has 0 unspecified atom stereocenters. The molecular weight excluding hydrogens is 383 g/mol. The molecule has 0 radical (unpaired) electrons. The number of nitrogens with one attached hydrogen (secondary N) is 2. The van der Waals surface area contributed by atoms with Crippen LogP contribution in [0.1, 0.15) is 33.2 Å². The van der Waals surface area contributed by atoms with Gasteiger partial charge in [0.2, 0.25) is 0 Å². The van der Waals surface area contributed by atoms with Crippen LogP contribution in [-0.2, 0) is 4.79 Å². The van der Waals surface area contributed by atoms with Gasteiger partial charge in [0.05, 0.1) is 0 Å². The molecule has 6 heteroatoms. The van der Waals surface area contributed by atoms with E-state index in [1.165, 1.54) is 37.3 Å². The fourth-order valence-corrected chi connectivity index (χ4v) is 2.68. The third-order valence-corrected chi connectivity index (χ3v) is 4.24. The molecule has 0 bridgehead atoms. The molecule has 0 aliphatic rings. The van der Waals surface area contributed by atoms with Gasteiger partial charge < -0.3 is 10.6 Å². The van der Waals surface area contributed by atoms with Gasteiger partial charge in [0, 0.05) is 16.8 Å². The zero-order valence-electron chi connectivity index (χ0n) is 16.2. The van der Waals surface area contributed by atoms with Crippen molar-refractivity contribution in [2.24, 2.45) is 0 Å². The van der Waals surface area contributed by atoms with Crippen LogP contribution in [0.4, 0.5) is 10.1 Å². The summed E-state index contributed by atoms with van der Waals surface area (Å²) in [6.45, 7) is 1.43. The Morgan fingerprint density at radius 2 is 1.50 bits per heavy atom. The second-order valence-corrected chi connectivity index (χ2v) is 6.52. The van der Waals surface area contributed by atoms with Gasteiger partial charge in [0.1, 0.15) is 11.5 Å². The van der Waals surface area contributed by atoms with Crippen LogP contribution in [0, 0.1) is 5.82 Å². The molecular formula is C24H19FN2O3. The van der Waals surface area contributed by atoms with Crippen LogP contribution in [-0.4, -0.2) is 17.6 Å². The number of amides is 2. The van der Waals surface area contributed by atoms with E-state index in [9.17, 15) is 18.8 Å². The number of ketones is 1. The van der Waals surface area contributed by atoms with Crippen LogP contribution in [0.5, 0.6) is 0 Å². The predicted molar refractivity (Wildman–Crippen MR) is 113 cm³/mol. The van der Waals surface area contributed by atoms with Gasteiger partial charge in [-0.15, -0.1) is 0 Å². The maximum Gasteiger partial charge on any atom is 0.272 e. The van der Waals surface area contributed by atoms with E-state index in [4.69, 9.17) is 0 Å². The second kappa shape index (κ2) is 9.43. The summed E-state index contributed by atoms with van der Waals surface area (Å²) in [5, 5.41) is 5.28. The fraction of sp³-hybridized carbons (Fsp3) is 0.0417. The highest BCUT2D eigenvalue weighted by Gasteiger charge is 2.15. The number of rotatable bonds is 6. The molecule has 0 atom stereocenters. The van der Waals surface area contributed by atoms with E-state index >= 15 is 0 Å². The zero-order valence-corrected chi connectivity index (χ0v) is 16.2. The lowest BCUT2D eigenvalue weighted by atomic mass is 10.1. The number of hydrogen-bond acceptors (Lipinski definition) is 3. The SMILES string of the molecule is CC(=O)c1cccc(NC(=O)/C(=C/c2ccc(F)cc2)NC(=O)c2ccccc2)c1. The Bertz CT molecular complexity index is 1110. The summed E-state index contributed by atoms with van der Waals surface area (Å²) in [5.41, 5.74) is 1.75. The van der Waals surface area contributed by atoms with Crippen LogP contribution in [0.15, 0.2) is 84.6 Å².